The molecule has 0 aliphatic heterocycles. The lowest BCUT2D eigenvalue weighted by Gasteiger charge is -2.30. The minimum absolute atomic E-state index is 0.312. The van der Waals surface area contributed by atoms with Gasteiger partial charge < -0.3 is 10.1 Å². The number of rotatable bonds is 3. The summed E-state index contributed by atoms with van der Waals surface area (Å²) >= 11 is 3.53. The monoisotopic (exact) mass is 327 g/mol. The van der Waals surface area contributed by atoms with E-state index in [2.05, 4.69) is 31.2 Å². The molecule has 5 heteroatoms. The smallest absolute Gasteiger partial charge is 0.162 e. The van der Waals surface area contributed by atoms with Gasteiger partial charge in [0, 0.05) is 14.2 Å². The number of nitrogens with one attached hydrogen (secondary N) is 1. The van der Waals surface area contributed by atoms with Gasteiger partial charge in [0.25, 0.3) is 0 Å². The van der Waals surface area contributed by atoms with Crippen LogP contribution >= 0.6 is 15.9 Å². The predicted molar refractivity (Wildman–Crippen MR) is 80.4 cm³/mol. The topological polar surface area (TPSA) is 47.0 Å². The maximum Gasteiger partial charge on any atom is 0.162 e. The molecule has 1 saturated carbocycles. The average molecular weight is 328 g/mol. The van der Waals surface area contributed by atoms with Gasteiger partial charge in [0.15, 0.2) is 5.82 Å². The molecule has 106 valence electrons. The van der Waals surface area contributed by atoms with Crippen LogP contribution in [0.1, 0.15) is 50.0 Å². The fourth-order valence-corrected chi connectivity index (χ4v) is 3.12. The molecular formula is C14H22BrN3O. The molecule has 0 atom stereocenters. The van der Waals surface area contributed by atoms with E-state index < -0.39 is 0 Å². The number of anilines is 1. The summed E-state index contributed by atoms with van der Waals surface area (Å²) in [6.07, 6.45) is 6.93. The Hall–Kier alpha value is -0.680. The van der Waals surface area contributed by atoms with Gasteiger partial charge in [-0.05, 0) is 35.7 Å². The van der Waals surface area contributed by atoms with Gasteiger partial charge >= 0.3 is 0 Å². The molecule has 4 nitrogen and oxygen atoms in total. The molecule has 1 aromatic rings. The van der Waals surface area contributed by atoms with Crippen molar-refractivity contribution in [3.05, 3.63) is 16.0 Å². The Balaban J connectivity index is 2.45. The Kier molecular flexibility index (Phi) is 4.79. The molecule has 1 N–H and O–H groups in total. The highest BCUT2D eigenvalue weighted by Crippen LogP contribution is 2.38. The molecule has 2 rings (SSSR count). The molecule has 0 saturated heterocycles. The van der Waals surface area contributed by atoms with E-state index in [9.17, 15) is 0 Å². The Labute approximate surface area is 123 Å². The first kappa shape index (κ1) is 14.7. The van der Waals surface area contributed by atoms with Crippen LogP contribution < -0.4 is 5.32 Å². The van der Waals surface area contributed by atoms with E-state index in [0.29, 0.717) is 0 Å². The summed E-state index contributed by atoms with van der Waals surface area (Å²) in [5, 5.41) is 3.12. The van der Waals surface area contributed by atoms with Gasteiger partial charge in [-0.3, -0.25) is 0 Å². The van der Waals surface area contributed by atoms with Gasteiger partial charge in [0.1, 0.15) is 11.4 Å². The second-order valence-electron chi connectivity index (χ2n) is 5.16. The largest absolute Gasteiger partial charge is 0.372 e. The molecule has 1 fully saturated rings. The summed E-state index contributed by atoms with van der Waals surface area (Å²) in [5.74, 6) is 1.66. The highest BCUT2D eigenvalue weighted by molar-refractivity contribution is 9.10. The van der Waals surface area contributed by atoms with E-state index in [1.807, 2.05) is 14.0 Å². The van der Waals surface area contributed by atoms with Crippen LogP contribution in [0.15, 0.2) is 4.47 Å². The van der Waals surface area contributed by atoms with Crippen LogP contribution in [0.3, 0.4) is 0 Å². The number of aromatic nitrogens is 2. The first-order valence-electron chi connectivity index (χ1n) is 6.90. The van der Waals surface area contributed by atoms with Crippen molar-refractivity contribution in [3.8, 4) is 0 Å². The maximum atomic E-state index is 5.87. The van der Waals surface area contributed by atoms with Crippen molar-refractivity contribution in [2.24, 2.45) is 0 Å². The normalized spacial score (nSPS) is 18.9. The molecule has 1 aromatic heterocycles. The van der Waals surface area contributed by atoms with E-state index in [4.69, 9.17) is 4.74 Å². The molecule has 0 spiro atoms. The fraction of sp³-hybridized carbons (Fsp3) is 0.714. The van der Waals surface area contributed by atoms with Gasteiger partial charge in [-0.15, -0.1) is 0 Å². The maximum absolute atomic E-state index is 5.87. The summed E-state index contributed by atoms with van der Waals surface area (Å²) in [6.45, 7) is 2.00. The van der Waals surface area contributed by atoms with Gasteiger partial charge in [-0.1, -0.05) is 25.7 Å². The molecule has 19 heavy (non-hydrogen) atoms. The van der Waals surface area contributed by atoms with Gasteiger partial charge in [0.2, 0.25) is 0 Å². The fourth-order valence-electron chi connectivity index (χ4n) is 2.75. The third-order valence-electron chi connectivity index (χ3n) is 3.96. The first-order chi connectivity index (χ1) is 9.13. The van der Waals surface area contributed by atoms with E-state index in [1.54, 1.807) is 7.11 Å². The van der Waals surface area contributed by atoms with Crippen LogP contribution in [0.2, 0.25) is 0 Å². The van der Waals surface area contributed by atoms with E-state index >= 15 is 0 Å². The number of aryl methyl sites for hydroxylation is 1. The highest BCUT2D eigenvalue weighted by atomic mass is 79.9. The van der Waals surface area contributed by atoms with Crippen LogP contribution in [-0.2, 0) is 10.3 Å². The minimum atomic E-state index is -0.312. The van der Waals surface area contributed by atoms with Gasteiger partial charge in [-0.25, -0.2) is 9.97 Å². The highest BCUT2D eigenvalue weighted by Gasteiger charge is 2.36. The zero-order chi connectivity index (χ0) is 13.9. The lowest BCUT2D eigenvalue weighted by atomic mass is 9.93. The third kappa shape index (κ3) is 2.92. The second kappa shape index (κ2) is 6.18. The number of ether oxygens (including phenoxy) is 1. The zero-order valence-electron chi connectivity index (χ0n) is 11.9. The summed E-state index contributed by atoms with van der Waals surface area (Å²) in [7, 11) is 3.66. The molecule has 1 heterocycles. The summed E-state index contributed by atoms with van der Waals surface area (Å²) in [5.41, 5.74) is 0.642. The van der Waals surface area contributed by atoms with Crippen molar-refractivity contribution in [3.63, 3.8) is 0 Å². The summed E-state index contributed by atoms with van der Waals surface area (Å²) < 4.78 is 6.80. The van der Waals surface area contributed by atoms with Crippen molar-refractivity contribution in [1.29, 1.82) is 0 Å². The van der Waals surface area contributed by atoms with Gasteiger partial charge in [-0.2, -0.15) is 0 Å². The van der Waals surface area contributed by atoms with E-state index in [0.717, 1.165) is 34.7 Å². The standard InChI is InChI=1S/C14H22BrN3O/c1-10-11(15)12(16-2)18-13(17-10)14(19-3)8-6-4-5-7-9-14/h4-9H2,1-3H3,(H,16,17,18). The van der Waals surface area contributed by atoms with Crippen LogP contribution in [0, 0.1) is 6.92 Å². The van der Waals surface area contributed by atoms with Crippen molar-refractivity contribution >= 4 is 21.7 Å². The molecule has 0 radical (unpaired) electrons. The Morgan fingerprint density at radius 3 is 2.32 bits per heavy atom. The van der Waals surface area contributed by atoms with E-state index in [1.165, 1.54) is 25.7 Å². The quantitative estimate of drug-likeness (QED) is 0.858. The van der Waals surface area contributed by atoms with Crippen molar-refractivity contribution in [2.75, 3.05) is 19.5 Å². The number of methoxy groups -OCH3 is 1. The zero-order valence-corrected chi connectivity index (χ0v) is 13.5. The lowest BCUT2D eigenvalue weighted by Crippen LogP contribution is -2.31. The molecule has 0 bridgehead atoms. The first-order valence-corrected chi connectivity index (χ1v) is 7.70. The summed E-state index contributed by atoms with van der Waals surface area (Å²) in [4.78, 5) is 9.33. The Bertz CT molecular complexity index is 443. The van der Waals surface area contributed by atoms with Crippen molar-refractivity contribution in [2.45, 2.75) is 51.0 Å². The van der Waals surface area contributed by atoms with Crippen LogP contribution in [-0.4, -0.2) is 24.1 Å². The third-order valence-corrected chi connectivity index (χ3v) is 4.91. The van der Waals surface area contributed by atoms with Crippen LogP contribution in [0.25, 0.3) is 0 Å². The molecule has 0 aromatic carbocycles. The van der Waals surface area contributed by atoms with Crippen molar-refractivity contribution in [1.82, 2.24) is 9.97 Å². The summed E-state index contributed by atoms with van der Waals surface area (Å²) in [6, 6.07) is 0. The van der Waals surface area contributed by atoms with Crippen molar-refractivity contribution < 1.29 is 4.74 Å². The Morgan fingerprint density at radius 2 is 1.79 bits per heavy atom. The molecular weight excluding hydrogens is 306 g/mol. The molecule has 0 amide bonds. The number of nitrogens with zero attached hydrogens (tertiary/aromatic N) is 2. The SMILES string of the molecule is CNc1nc(C2(OC)CCCCCC2)nc(C)c1Br. The molecule has 0 unspecified atom stereocenters. The second-order valence-corrected chi connectivity index (χ2v) is 5.95. The van der Waals surface area contributed by atoms with E-state index in [-0.39, 0.29) is 5.60 Å². The lowest BCUT2D eigenvalue weighted by molar-refractivity contribution is -0.0351. The predicted octanol–water partition coefficient (Wildman–Crippen LogP) is 3.79. The van der Waals surface area contributed by atoms with Crippen LogP contribution in [0.4, 0.5) is 5.82 Å². The number of hydrogen-bond donors (Lipinski definition) is 1. The average Bonchev–Trinajstić information content (AvgIpc) is 2.68. The Morgan fingerprint density at radius 1 is 1.16 bits per heavy atom. The minimum Gasteiger partial charge on any atom is -0.372 e. The van der Waals surface area contributed by atoms with Gasteiger partial charge in [0.05, 0.1) is 10.2 Å². The number of halogens is 1. The number of hydrogen-bond acceptors (Lipinski definition) is 4. The molecule has 1 aliphatic carbocycles. The van der Waals surface area contributed by atoms with Crippen LogP contribution in [0.5, 0.6) is 0 Å². The molecule has 1 aliphatic rings.